The average molecular weight is 390 g/mol. The van der Waals surface area contributed by atoms with Crippen molar-refractivity contribution in [1.29, 1.82) is 0 Å². The van der Waals surface area contributed by atoms with Crippen LogP contribution in [0.5, 0.6) is 11.5 Å². The summed E-state index contributed by atoms with van der Waals surface area (Å²) < 4.78 is 5.76. The maximum absolute atomic E-state index is 9.72. The summed E-state index contributed by atoms with van der Waals surface area (Å²) in [6.45, 7) is 3.63. The number of aromatic hydroxyl groups is 1. The number of ether oxygens (including phenoxy) is 1. The fraction of sp³-hybridized carbons (Fsp3) is 0.231. The molecule has 0 unspecified atom stereocenters. The van der Waals surface area contributed by atoms with Gasteiger partial charge in [-0.1, -0.05) is 68.9 Å². The number of hydrogen-bond acceptors (Lipinski definition) is 3. The van der Waals surface area contributed by atoms with E-state index in [9.17, 15) is 5.11 Å². The first-order chi connectivity index (χ1) is 13.7. The number of rotatable bonds is 8. The van der Waals surface area contributed by atoms with E-state index in [2.05, 4.69) is 48.6 Å². The normalized spacial score (nSPS) is 11.4. The summed E-state index contributed by atoms with van der Waals surface area (Å²) in [5.41, 5.74) is 5.88. The van der Waals surface area contributed by atoms with Gasteiger partial charge in [0.1, 0.15) is 18.1 Å². The van der Waals surface area contributed by atoms with Crippen LogP contribution in [0.4, 0.5) is 0 Å². The van der Waals surface area contributed by atoms with Gasteiger partial charge < -0.3 is 15.2 Å². The van der Waals surface area contributed by atoms with Gasteiger partial charge in [0.05, 0.1) is 0 Å². The van der Waals surface area contributed by atoms with E-state index in [1.807, 2.05) is 37.4 Å². The van der Waals surface area contributed by atoms with Gasteiger partial charge in [0.25, 0.3) is 0 Å². The molecule has 0 heterocycles. The van der Waals surface area contributed by atoms with Crippen molar-refractivity contribution >= 4 is 11.1 Å². The highest BCUT2D eigenvalue weighted by Gasteiger charge is 2.13. The van der Waals surface area contributed by atoms with Gasteiger partial charge in [-0.25, -0.2) is 0 Å². The molecule has 0 saturated carbocycles. The van der Waals surface area contributed by atoms with E-state index in [4.69, 9.17) is 4.74 Å². The number of nitrogens with one attached hydrogen (secondary N) is 1. The molecule has 0 atom stereocenters. The molecule has 0 aliphatic carbocycles. The molecule has 152 valence electrons. The van der Waals surface area contributed by atoms with Crippen molar-refractivity contribution in [3.05, 3.63) is 95.6 Å². The Hall–Kier alpha value is -3.04. The van der Waals surface area contributed by atoms with Crippen molar-refractivity contribution < 1.29 is 9.84 Å². The van der Waals surface area contributed by atoms with Gasteiger partial charge in [0.2, 0.25) is 0 Å². The fourth-order valence-electron chi connectivity index (χ4n) is 3.30. The summed E-state index contributed by atoms with van der Waals surface area (Å²) >= 11 is 0. The third kappa shape index (κ3) is 5.72. The van der Waals surface area contributed by atoms with Crippen molar-refractivity contribution in [1.82, 2.24) is 5.32 Å². The minimum atomic E-state index is 0. The van der Waals surface area contributed by atoms with Crippen LogP contribution in [0.3, 0.4) is 0 Å². The van der Waals surface area contributed by atoms with E-state index >= 15 is 0 Å². The Balaban J connectivity index is 0.00000300. The SMILES string of the molecule is C.CC/C(=C(/c1ccc(O)cc1)c1ccc(OCCNC)cc1)c1ccccc1. The number of phenolic OH excluding ortho intramolecular Hbond substituents is 1. The molecule has 3 nitrogen and oxygen atoms in total. The Kier molecular flexibility index (Phi) is 8.50. The Morgan fingerprint density at radius 2 is 1.41 bits per heavy atom. The van der Waals surface area contributed by atoms with Crippen LogP contribution in [-0.2, 0) is 0 Å². The summed E-state index contributed by atoms with van der Waals surface area (Å²) in [6, 6.07) is 26.1. The fourth-order valence-corrected chi connectivity index (χ4v) is 3.30. The van der Waals surface area contributed by atoms with Gasteiger partial charge in [0, 0.05) is 6.54 Å². The second kappa shape index (κ2) is 11.1. The minimum Gasteiger partial charge on any atom is -0.508 e. The van der Waals surface area contributed by atoms with Crippen molar-refractivity contribution in [2.75, 3.05) is 20.2 Å². The minimum absolute atomic E-state index is 0. The second-order valence-electron chi connectivity index (χ2n) is 6.60. The molecule has 0 radical (unpaired) electrons. The van der Waals surface area contributed by atoms with Gasteiger partial charge in [-0.3, -0.25) is 0 Å². The Morgan fingerprint density at radius 3 is 1.97 bits per heavy atom. The Bertz CT molecular complexity index is 898. The van der Waals surface area contributed by atoms with Crippen molar-refractivity contribution in [2.24, 2.45) is 0 Å². The molecular formula is C26H31NO2. The highest BCUT2D eigenvalue weighted by atomic mass is 16.5. The highest BCUT2D eigenvalue weighted by molar-refractivity contribution is 5.98. The van der Waals surface area contributed by atoms with Gasteiger partial charge in [-0.05, 0) is 65.6 Å². The second-order valence-corrected chi connectivity index (χ2v) is 6.60. The first kappa shape index (κ1) is 22.3. The molecule has 0 spiro atoms. The van der Waals surface area contributed by atoms with Crippen molar-refractivity contribution in [3.8, 4) is 11.5 Å². The largest absolute Gasteiger partial charge is 0.508 e. The van der Waals surface area contributed by atoms with E-state index in [-0.39, 0.29) is 13.2 Å². The summed E-state index contributed by atoms with van der Waals surface area (Å²) in [5.74, 6) is 1.14. The van der Waals surface area contributed by atoms with Gasteiger partial charge in [-0.15, -0.1) is 0 Å². The van der Waals surface area contributed by atoms with Gasteiger partial charge >= 0.3 is 0 Å². The van der Waals surface area contributed by atoms with Crippen molar-refractivity contribution in [2.45, 2.75) is 20.8 Å². The lowest BCUT2D eigenvalue weighted by Gasteiger charge is -2.17. The highest BCUT2D eigenvalue weighted by Crippen LogP contribution is 2.35. The maximum Gasteiger partial charge on any atom is 0.119 e. The molecular weight excluding hydrogens is 358 g/mol. The summed E-state index contributed by atoms with van der Waals surface area (Å²) in [4.78, 5) is 0. The van der Waals surface area contributed by atoms with Crippen LogP contribution in [0.2, 0.25) is 0 Å². The Labute approximate surface area is 174 Å². The first-order valence-corrected chi connectivity index (χ1v) is 9.68. The predicted octanol–water partition coefficient (Wildman–Crippen LogP) is 6.00. The molecule has 0 saturated heterocycles. The average Bonchev–Trinajstić information content (AvgIpc) is 2.74. The van der Waals surface area contributed by atoms with Gasteiger partial charge in [-0.2, -0.15) is 0 Å². The lowest BCUT2D eigenvalue weighted by Crippen LogP contribution is -2.15. The zero-order valence-corrected chi connectivity index (χ0v) is 16.5. The molecule has 3 rings (SSSR count). The first-order valence-electron chi connectivity index (χ1n) is 9.68. The summed E-state index contributed by atoms with van der Waals surface area (Å²) in [7, 11) is 1.91. The maximum atomic E-state index is 9.72. The van der Waals surface area contributed by atoms with E-state index in [0.29, 0.717) is 6.61 Å². The van der Waals surface area contributed by atoms with Crippen LogP contribution in [0, 0.1) is 0 Å². The van der Waals surface area contributed by atoms with E-state index < -0.39 is 0 Å². The van der Waals surface area contributed by atoms with Crippen molar-refractivity contribution in [3.63, 3.8) is 0 Å². The van der Waals surface area contributed by atoms with Crippen LogP contribution in [-0.4, -0.2) is 25.3 Å². The lowest BCUT2D eigenvalue weighted by molar-refractivity contribution is 0.318. The molecule has 29 heavy (non-hydrogen) atoms. The summed E-state index contributed by atoms with van der Waals surface area (Å²) in [6.07, 6.45) is 0.903. The monoisotopic (exact) mass is 389 g/mol. The van der Waals surface area contributed by atoms with Crippen LogP contribution < -0.4 is 10.1 Å². The summed E-state index contributed by atoms with van der Waals surface area (Å²) in [5, 5.41) is 12.8. The van der Waals surface area contributed by atoms with Crippen LogP contribution in [0.25, 0.3) is 11.1 Å². The molecule has 3 aromatic rings. The molecule has 3 aromatic carbocycles. The molecule has 0 aliphatic rings. The molecule has 0 amide bonds. The zero-order valence-electron chi connectivity index (χ0n) is 16.5. The van der Waals surface area contributed by atoms with Crippen LogP contribution >= 0.6 is 0 Å². The Morgan fingerprint density at radius 1 is 0.828 bits per heavy atom. The molecule has 0 aromatic heterocycles. The smallest absolute Gasteiger partial charge is 0.119 e. The number of phenols is 1. The molecule has 0 bridgehead atoms. The third-order valence-corrected chi connectivity index (χ3v) is 4.70. The quantitative estimate of drug-likeness (QED) is 0.367. The molecule has 3 heteroatoms. The number of hydrogen-bond donors (Lipinski definition) is 2. The number of likely N-dealkylation sites (N-methyl/N-ethyl adjacent to an activating group) is 1. The zero-order chi connectivity index (χ0) is 19.8. The van der Waals surface area contributed by atoms with Gasteiger partial charge in [0.15, 0.2) is 0 Å². The van der Waals surface area contributed by atoms with E-state index in [1.54, 1.807) is 12.1 Å². The van der Waals surface area contributed by atoms with Crippen LogP contribution in [0.1, 0.15) is 37.5 Å². The third-order valence-electron chi connectivity index (χ3n) is 4.70. The lowest BCUT2D eigenvalue weighted by atomic mass is 9.88. The number of benzene rings is 3. The number of allylic oxidation sites excluding steroid dienone is 1. The standard InChI is InChI=1S/C25H27NO2.CH4/c1-3-24(19-7-5-4-6-8-19)25(20-9-13-22(27)14-10-20)21-11-15-23(16-12-21)28-18-17-26-2;/h4-16,26-27H,3,17-18H2,1-2H3;1H4/b25-24+;. The predicted molar refractivity (Wildman–Crippen MR) is 123 cm³/mol. The van der Waals surface area contributed by atoms with Crippen LogP contribution in [0.15, 0.2) is 78.9 Å². The van der Waals surface area contributed by atoms with E-state index in [1.165, 1.54) is 16.7 Å². The topological polar surface area (TPSA) is 41.5 Å². The molecule has 2 N–H and O–H groups in total. The molecule has 0 fully saturated rings. The van der Waals surface area contributed by atoms with E-state index in [0.717, 1.165) is 29.8 Å². The molecule has 0 aliphatic heterocycles.